The Hall–Kier alpha value is -2.12. The number of nitrogens with zero attached hydrogens (tertiary/aromatic N) is 2. The summed E-state index contributed by atoms with van der Waals surface area (Å²) < 4.78 is 0.972. The Morgan fingerprint density at radius 2 is 2.16 bits per heavy atom. The monoisotopic (exact) mass is 416 g/mol. The van der Waals surface area contributed by atoms with Crippen LogP contribution in [-0.4, -0.2) is 27.3 Å². The Kier molecular flexibility index (Phi) is 5.55. The van der Waals surface area contributed by atoms with E-state index in [1.165, 1.54) is 11.8 Å². The van der Waals surface area contributed by atoms with E-state index in [0.717, 1.165) is 31.8 Å². The Balaban J connectivity index is 1.60. The molecule has 3 aromatic rings. The molecule has 0 aliphatic rings. The van der Waals surface area contributed by atoms with Gasteiger partial charge in [-0.25, -0.2) is 10.4 Å². The van der Waals surface area contributed by atoms with Gasteiger partial charge in [-0.2, -0.15) is 5.10 Å². The highest BCUT2D eigenvalue weighted by Gasteiger charge is 2.16. The van der Waals surface area contributed by atoms with Crippen LogP contribution in [0.5, 0.6) is 0 Å². The first-order chi connectivity index (χ1) is 12.0. The van der Waals surface area contributed by atoms with Crippen LogP contribution in [0, 0.1) is 6.92 Å². The van der Waals surface area contributed by atoms with Crippen LogP contribution in [0.1, 0.15) is 18.1 Å². The number of carbonyl (C=O) groups excluding carboxylic acids is 1. The zero-order chi connectivity index (χ0) is 17.8. The molecule has 5 nitrogen and oxygen atoms in total. The van der Waals surface area contributed by atoms with E-state index in [4.69, 9.17) is 0 Å². The largest absolute Gasteiger partial charge is 0.333 e. The molecule has 1 heterocycles. The number of aryl methyl sites for hydroxylation is 1. The molecule has 1 atom stereocenters. The van der Waals surface area contributed by atoms with Gasteiger partial charge in [-0.1, -0.05) is 45.9 Å². The summed E-state index contributed by atoms with van der Waals surface area (Å²) in [6, 6.07) is 13.7. The number of carbonyl (C=O) groups is 1. The maximum absolute atomic E-state index is 12.2. The number of hydrogen-bond donors (Lipinski definition) is 2. The molecule has 0 radical (unpaired) electrons. The number of thioether (sulfide) groups is 1. The van der Waals surface area contributed by atoms with E-state index in [0.29, 0.717) is 0 Å². The number of aromatic amines is 1. The van der Waals surface area contributed by atoms with Gasteiger partial charge in [0.1, 0.15) is 0 Å². The Morgan fingerprint density at radius 3 is 2.96 bits per heavy atom. The minimum Gasteiger partial charge on any atom is -0.333 e. The molecule has 0 fully saturated rings. The van der Waals surface area contributed by atoms with Crippen molar-refractivity contribution in [2.24, 2.45) is 5.10 Å². The standard InChI is InChI=1S/C18H17BrN4OS/c1-11-7-8-14(19)9-13(11)10-20-23-17(24)12(2)25-18-21-15-5-3-4-6-16(15)22-18/h3-10,12H,1-2H3,(H,21,22)(H,23,24)/b20-10+. The highest BCUT2D eigenvalue weighted by molar-refractivity contribution is 9.10. The molecule has 0 aliphatic heterocycles. The van der Waals surface area contributed by atoms with E-state index < -0.39 is 0 Å². The fourth-order valence-corrected chi connectivity index (χ4v) is 3.41. The van der Waals surface area contributed by atoms with Crippen molar-refractivity contribution in [1.82, 2.24) is 15.4 Å². The van der Waals surface area contributed by atoms with Crippen molar-refractivity contribution in [3.05, 3.63) is 58.1 Å². The lowest BCUT2D eigenvalue weighted by Gasteiger charge is -2.07. The first-order valence-corrected chi connectivity index (χ1v) is 9.40. The summed E-state index contributed by atoms with van der Waals surface area (Å²) in [5.41, 5.74) is 6.47. The summed E-state index contributed by atoms with van der Waals surface area (Å²) in [5, 5.41) is 4.46. The third-order valence-electron chi connectivity index (χ3n) is 3.64. The van der Waals surface area contributed by atoms with Crippen LogP contribution in [0.15, 0.2) is 57.2 Å². The zero-order valence-corrected chi connectivity index (χ0v) is 16.2. The lowest BCUT2D eigenvalue weighted by Crippen LogP contribution is -2.26. The number of H-pyrrole nitrogens is 1. The van der Waals surface area contributed by atoms with Crippen molar-refractivity contribution >= 4 is 50.8 Å². The van der Waals surface area contributed by atoms with Crippen LogP contribution in [0.3, 0.4) is 0 Å². The first kappa shape index (κ1) is 17.7. The normalized spacial score (nSPS) is 12.6. The van der Waals surface area contributed by atoms with Crippen molar-refractivity contribution in [2.45, 2.75) is 24.3 Å². The van der Waals surface area contributed by atoms with E-state index in [2.05, 4.69) is 36.4 Å². The van der Waals surface area contributed by atoms with Crippen LogP contribution in [0.25, 0.3) is 11.0 Å². The van der Waals surface area contributed by atoms with Crippen molar-refractivity contribution in [3.8, 4) is 0 Å². The number of aromatic nitrogens is 2. The van der Waals surface area contributed by atoms with Crippen molar-refractivity contribution < 1.29 is 4.79 Å². The van der Waals surface area contributed by atoms with Crippen LogP contribution in [0.2, 0.25) is 0 Å². The average Bonchev–Trinajstić information content (AvgIpc) is 3.00. The Labute approximate surface area is 158 Å². The van der Waals surface area contributed by atoms with Crippen LogP contribution < -0.4 is 5.43 Å². The van der Waals surface area contributed by atoms with Crippen molar-refractivity contribution in [2.75, 3.05) is 0 Å². The van der Waals surface area contributed by atoms with Gasteiger partial charge in [0.2, 0.25) is 0 Å². The predicted octanol–water partition coefficient (Wildman–Crippen LogP) is 4.26. The number of imidazole rings is 1. The SMILES string of the molecule is Cc1ccc(Br)cc1/C=N/NC(=O)C(C)Sc1nc2ccccc2[nH]1. The molecule has 1 unspecified atom stereocenters. The lowest BCUT2D eigenvalue weighted by atomic mass is 10.1. The van der Waals surface area contributed by atoms with Gasteiger partial charge in [0.05, 0.1) is 22.5 Å². The zero-order valence-electron chi connectivity index (χ0n) is 13.8. The number of rotatable bonds is 5. The molecular weight excluding hydrogens is 400 g/mol. The molecule has 3 rings (SSSR count). The van der Waals surface area contributed by atoms with E-state index >= 15 is 0 Å². The van der Waals surface area contributed by atoms with Gasteiger partial charge in [0, 0.05) is 4.47 Å². The van der Waals surface area contributed by atoms with Gasteiger partial charge < -0.3 is 4.98 Å². The minimum atomic E-state index is -0.318. The molecule has 1 aromatic heterocycles. The molecule has 128 valence electrons. The number of halogens is 1. The highest BCUT2D eigenvalue weighted by atomic mass is 79.9. The molecule has 0 spiro atoms. The molecule has 0 bridgehead atoms. The van der Waals surface area contributed by atoms with Gasteiger partial charge in [-0.15, -0.1) is 0 Å². The van der Waals surface area contributed by atoms with Crippen molar-refractivity contribution in [3.63, 3.8) is 0 Å². The van der Waals surface area contributed by atoms with Gasteiger partial charge in [-0.05, 0) is 49.2 Å². The smallest absolute Gasteiger partial charge is 0.253 e. The van der Waals surface area contributed by atoms with Gasteiger partial charge in [0.25, 0.3) is 5.91 Å². The van der Waals surface area contributed by atoms with Crippen molar-refractivity contribution in [1.29, 1.82) is 0 Å². The van der Waals surface area contributed by atoms with Crippen LogP contribution in [-0.2, 0) is 4.79 Å². The molecule has 2 aromatic carbocycles. The summed E-state index contributed by atoms with van der Waals surface area (Å²) in [5.74, 6) is -0.172. The van der Waals surface area contributed by atoms with Crippen LogP contribution in [0.4, 0.5) is 0 Å². The van der Waals surface area contributed by atoms with E-state index in [-0.39, 0.29) is 11.2 Å². The van der Waals surface area contributed by atoms with E-state index in [1.807, 2.05) is 56.3 Å². The number of nitrogens with one attached hydrogen (secondary N) is 2. The number of amides is 1. The van der Waals surface area contributed by atoms with E-state index in [1.54, 1.807) is 6.21 Å². The highest BCUT2D eigenvalue weighted by Crippen LogP contribution is 2.23. The summed E-state index contributed by atoms with van der Waals surface area (Å²) in [4.78, 5) is 19.9. The van der Waals surface area contributed by atoms with E-state index in [9.17, 15) is 4.79 Å². The molecule has 1 amide bonds. The minimum absolute atomic E-state index is 0.172. The predicted molar refractivity (Wildman–Crippen MR) is 106 cm³/mol. The number of para-hydroxylation sites is 2. The maximum atomic E-state index is 12.2. The number of fused-ring (bicyclic) bond motifs is 1. The topological polar surface area (TPSA) is 70.1 Å². The fraction of sp³-hybridized carbons (Fsp3) is 0.167. The summed E-state index contributed by atoms with van der Waals surface area (Å²) >= 11 is 4.80. The second kappa shape index (κ2) is 7.84. The molecule has 7 heteroatoms. The Bertz CT molecular complexity index is 905. The molecule has 0 saturated carbocycles. The second-order valence-corrected chi connectivity index (χ2v) is 7.80. The number of benzene rings is 2. The number of hydrazone groups is 1. The third kappa shape index (κ3) is 4.49. The maximum Gasteiger partial charge on any atom is 0.253 e. The molecule has 0 saturated heterocycles. The average molecular weight is 417 g/mol. The first-order valence-electron chi connectivity index (χ1n) is 7.73. The fourth-order valence-electron chi connectivity index (χ4n) is 2.21. The molecule has 0 aliphatic carbocycles. The van der Waals surface area contributed by atoms with Gasteiger partial charge in [-0.3, -0.25) is 4.79 Å². The molecular formula is C18H17BrN4OS. The summed E-state index contributed by atoms with van der Waals surface area (Å²) in [7, 11) is 0. The quantitative estimate of drug-likeness (QED) is 0.370. The van der Waals surface area contributed by atoms with Gasteiger partial charge in [0.15, 0.2) is 5.16 Å². The van der Waals surface area contributed by atoms with Gasteiger partial charge >= 0.3 is 0 Å². The molecule has 25 heavy (non-hydrogen) atoms. The number of hydrogen-bond acceptors (Lipinski definition) is 4. The summed E-state index contributed by atoms with van der Waals surface area (Å²) in [6.45, 7) is 3.82. The lowest BCUT2D eigenvalue weighted by molar-refractivity contribution is -0.120. The van der Waals surface area contributed by atoms with Crippen LogP contribution >= 0.6 is 27.7 Å². The Morgan fingerprint density at radius 1 is 1.36 bits per heavy atom. The molecule has 2 N–H and O–H groups in total. The summed E-state index contributed by atoms with van der Waals surface area (Å²) in [6.07, 6.45) is 1.65. The second-order valence-electron chi connectivity index (χ2n) is 5.55. The third-order valence-corrected chi connectivity index (χ3v) is 5.12.